The summed E-state index contributed by atoms with van der Waals surface area (Å²) in [6.45, 7) is 2.05. The van der Waals surface area contributed by atoms with Crippen molar-refractivity contribution in [2.45, 2.75) is 51.1 Å². The van der Waals surface area contributed by atoms with Crippen LogP contribution in [0, 0.1) is 11.7 Å². The summed E-state index contributed by atoms with van der Waals surface area (Å²) in [4.78, 5) is 11.2. The smallest absolute Gasteiger partial charge is 0.220 e. The Morgan fingerprint density at radius 1 is 1.35 bits per heavy atom. The van der Waals surface area contributed by atoms with Gasteiger partial charge in [0.15, 0.2) is 0 Å². The fourth-order valence-corrected chi connectivity index (χ4v) is 3.01. The van der Waals surface area contributed by atoms with Gasteiger partial charge < -0.3 is 11.1 Å². The normalized spacial score (nSPS) is 24.3. The van der Waals surface area contributed by atoms with Crippen molar-refractivity contribution in [2.75, 3.05) is 0 Å². The number of halogens is 1. The molecule has 1 aromatic carbocycles. The molecule has 110 valence electrons. The number of hydrogen-bond acceptors (Lipinski definition) is 2. The second-order valence-electron chi connectivity index (χ2n) is 5.60. The van der Waals surface area contributed by atoms with Crippen molar-refractivity contribution in [3.8, 4) is 0 Å². The lowest BCUT2D eigenvalue weighted by atomic mass is 9.85. The van der Waals surface area contributed by atoms with E-state index in [0.29, 0.717) is 6.04 Å². The van der Waals surface area contributed by atoms with E-state index in [9.17, 15) is 9.18 Å². The number of rotatable bonds is 5. The first-order valence-corrected chi connectivity index (χ1v) is 7.41. The summed E-state index contributed by atoms with van der Waals surface area (Å²) in [6.07, 6.45) is 4.37. The van der Waals surface area contributed by atoms with Crippen molar-refractivity contribution in [1.82, 2.24) is 5.32 Å². The van der Waals surface area contributed by atoms with E-state index in [-0.39, 0.29) is 23.7 Å². The van der Waals surface area contributed by atoms with Crippen LogP contribution in [0.4, 0.5) is 4.39 Å². The highest BCUT2D eigenvalue weighted by atomic mass is 19.1. The molecule has 0 bridgehead atoms. The fourth-order valence-electron chi connectivity index (χ4n) is 3.01. The molecular formula is C16H23FN2O. The molecule has 0 spiro atoms. The lowest BCUT2D eigenvalue weighted by Crippen LogP contribution is -2.38. The van der Waals surface area contributed by atoms with E-state index >= 15 is 0 Å². The first kappa shape index (κ1) is 15.0. The minimum Gasteiger partial charge on any atom is -0.369 e. The summed E-state index contributed by atoms with van der Waals surface area (Å²) in [7, 11) is 0. The molecule has 1 fully saturated rings. The topological polar surface area (TPSA) is 55.1 Å². The molecule has 20 heavy (non-hydrogen) atoms. The number of primary amides is 1. The quantitative estimate of drug-likeness (QED) is 0.870. The van der Waals surface area contributed by atoms with Crippen LogP contribution >= 0.6 is 0 Å². The van der Waals surface area contributed by atoms with Crippen molar-refractivity contribution >= 4 is 5.91 Å². The van der Waals surface area contributed by atoms with Crippen LogP contribution in [-0.4, -0.2) is 11.9 Å². The summed E-state index contributed by atoms with van der Waals surface area (Å²) in [5.74, 6) is -0.330. The second-order valence-corrected chi connectivity index (χ2v) is 5.60. The van der Waals surface area contributed by atoms with Gasteiger partial charge in [0.2, 0.25) is 5.91 Å². The molecule has 1 aliphatic carbocycles. The van der Waals surface area contributed by atoms with Crippen LogP contribution in [0.2, 0.25) is 0 Å². The number of hydrogen-bond donors (Lipinski definition) is 2. The third kappa shape index (κ3) is 3.57. The molecule has 0 saturated heterocycles. The third-order valence-corrected chi connectivity index (χ3v) is 4.26. The Morgan fingerprint density at radius 2 is 2.00 bits per heavy atom. The molecule has 4 heteroatoms. The van der Waals surface area contributed by atoms with Gasteiger partial charge in [0.25, 0.3) is 0 Å². The van der Waals surface area contributed by atoms with E-state index in [0.717, 1.165) is 37.7 Å². The van der Waals surface area contributed by atoms with Gasteiger partial charge in [0.05, 0.1) is 0 Å². The molecule has 1 aliphatic rings. The molecule has 0 heterocycles. The zero-order valence-electron chi connectivity index (χ0n) is 11.9. The third-order valence-electron chi connectivity index (χ3n) is 4.26. The van der Waals surface area contributed by atoms with Gasteiger partial charge in [-0.2, -0.15) is 0 Å². The van der Waals surface area contributed by atoms with Gasteiger partial charge in [-0.05, 0) is 38.2 Å². The zero-order chi connectivity index (χ0) is 14.5. The zero-order valence-corrected chi connectivity index (χ0v) is 11.9. The van der Waals surface area contributed by atoms with Crippen molar-refractivity contribution in [3.05, 3.63) is 35.6 Å². The van der Waals surface area contributed by atoms with Crippen LogP contribution in [0.1, 0.15) is 50.6 Å². The number of nitrogens with two attached hydrogens (primary N) is 1. The molecule has 2 rings (SSSR count). The Balaban J connectivity index is 1.95. The summed E-state index contributed by atoms with van der Waals surface area (Å²) in [5, 5.41) is 3.53. The standard InChI is InChI=1S/C16H23FN2O/c1-2-15(13-5-3-4-6-14(13)17)19-12-9-7-11(8-10-12)16(18)20/h3-6,11-12,15,19H,2,7-10H2,1H3,(H2,18,20). The average molecular weight is 278 g/mol. The van der Waals surface area contributed by atoms with Crippen LogP contribution < -0.4 is 11.1 Å². The number of nitrogens with one attached hydrogen (secondary N) is 1. The minimum absolute atomic E-state index is 0.0154. The van der Waals surface area contributed by atoms with Crippen molar-refractivity contribution in [1.29, 1.82) is 0 Å². The van der Waals surface area contributed by atoms with E-state index in [1.54, 1.807) is 6.07 Å². The van der Waals surface area contributed by atoms with Gasteiger partial charge in [0, 0.05) is 23.6 Å². The fraction of sp³-hybridized carbons (Fsp3) is 0.562. The molecule has 0 radical (unpaired) electrons. The molecule has 0 aliphatic heterocycles. The largest absolute Gasteiger partial charge is 0.369 e. The van der Waals surface area contributed by atoms with Gasteiger partial charge in [0.1, 0.15) is 5.82 Å². The lowest BCUT2D eigenvalue weighted by Gasteiger charge is -2.31. The minimum atomic E-state index is -0.190. The maximum Gasteiger partial charge on any atom is 0.220 e. The predicted molar refractivity (Wildman–Crippen MR) is 77.5 cm³/mol. The summed E-state index contributed by atoms with van der Waals surface area (Å²) in [6, 6.07) is 7.30. The Hall–Kier alpha value is -1.42. The average Bonchev–Trinajstić information content (AvgIpc) is 2.46. The van der Waals surface area contributed by atoms with E-state index in [1.807, 2.05) is 12.1 Å². The maximum atomic E-state index is 13.8. The molecule has 3 N–H and O–H groups in total. The Morgan fingerprint density at radius 3 is 2.55 bits per heavy atom. The van der Waals surface area contributed by atoms with Crippen LogP contribution in [0.15, 0.2) is 24.3 Å². The highest BCUT2D eigenvalue weighted by Gasteiger charge is 2.26. The SMILES string of the molecule is CCC(NC1CCC(C(N)=O)CC1)c1ccccc1F. The van der Waals surface area contributed by atoms with E-state index < -0.39 is 0 Å². The van der Waals surface area contributed by atoms with Crippen molar-refractivity contribution in [3.63, 3.8) is 0 Å². The Bertz CT molecular complexity index is 456. The van der Waals surface area contributed by atoms with E-state index in [4.69, 9.17) is 5.73 Å². The number of amides is 1. The summed E-state index contributed by atoms with van der Waals surface area (Å²) >= 11 is 0. The lowest BCUT2D eigenvalue weighted by molar-refractivity contribution is -0.122. The summed E-state index contributed by atoms with van der Waals surface area (Å²) < 4.78 is 13.8. The predicted octanol–water partition coefficient (Wildman–Crippen LogP) is 2.91. The second kappa shape index (κ2) is 6.84. The van der Waals surface area contributed by atoms with Gasteiger partial charge >= 0.3 is 0 Å². The van der Waals surface area contributed by atoms with Crippen LogP contribution in [-0.2, 0) is 4.79 Å². The van der Waals surface area contributed by atoms with Crippen molar-refractivity contribution in [2.24, 2.45) is 11.7 Å². The van der Waals surface area contributed by atoms with Crippen LogP contribution in [0.5, 0.6) is 0 Å². The molecule has 3 nitrogen and oxygen atoms in total. The molecule has 1 aromatic rings. The Labute approximate surface area is 119 Å². The van der Waals surface area contributed by atoms with E-state index in [2.05, 4.69) is 12.2 Å². The molecule has 0 aromatic heterocycles. The maximum absolute atomic E-state index is 13.8. The summed E-state index contributed by atoms with van der Waals surface area (Å²) in [5.41, 5.74) is 6.07. The Kier molecular flexibility index (Phi) is 5.12. The number of carbonyl (C=O) groups is 1. The van der Waals surface area contributed by atoms with Crippen molar-refractivity contribution < 1.29 is 9.18 Å². The molecule has 1 unspecified atom stereocenters. The van der Waals surface area contributed by atoms with Crippen LogP contribution in [0.3, 0.4) is 0 Å². The monoisotopic (exact) mass is 278 g/mol. The first-order valence-electron chi connectivity index (χ1n) is 7.41. The van der Waals surface area contributed by atoms with Crippen LogP contribution in [0.25, 0.3) is 0 Å². The van der Waals surface area contributed by atoms with E-state index in [1.165, 1.54) is 6.07 Å². The first-order chi connectivity index (χ1) is 9.61. The molecular weight excluding hydrogens is 255 g/mol. The van der Waals surface area contributed by atoms with Gasteiger partial charge in [-0.1, -0.05) is 25.1 Å². The molecule has 1 atom stereocenters. The highest BCUT2D eigenvalue weighted by Crippen LogP contribution is 2.27. The van der Waals surface area contributed by atoms with Gasteiger partial charge in [-0.25, -0.2) is 4.39 Å². The molecule has 1 saturated carbocycles. The van der Waals surface area contributed by atoms with Gasteiger partial charge in [-0.3, -0.25) is 4.79 Å². The molecule has 1 amide bonds. The highest BCUT2D eigenvalue weighted by molar-refractivity contribution is 5.76. The van der Waals surface area contributed by atoms with Gasteiger partial charge in [-0.15, -0.1) is 0 Å². The number of carbonyl (C=O) groups excluding carboxylic acids is 1. The number of benzene rings is 1.